The van der Waals surface area contributed by atoms with Gasteiger partial charge in [-0.25, -0.2) is 4.98 Å². The number of anilines is 2. The van der Waals surface area contributed by atoms with Crippen molar-refractivity contribution in [3.8, 4) is 11.1 Å². The van der Waals surface area contributed by atoms with Crippen LogP contribution in [0, 0.1) is 0 Å². The molecule has 182 valence electrons. The van der Waals surface area contributed by atoms with Crippen LogP contribution in [0.25, 0.3) is 22.2 Å². The quantitative estimate of drug-likeness (QED) is 0.360. The van der Waals surface area contributed by atoms with E-state index in [0.717, 1.165) is 65.2 Å². The van der Waals surface area contributed by atoms with Gasteiger partial charge in [0.1, 0.15) is 5.82 Å². The summed E-state index contributed by atoms with van der Waals surface area (Å²) in [4.78, 5) is 12.0. The second kappa shape index (κ2) is 10.5. The summed E-state index contributed by atoms with van der Waals surface area (Å²) in [5.41, 5.74) is 6.12. The number of hydrogen-bond acceptors (Lipinski definition) is 7. The van der Waals surface area contributed by atoms with Gasteiger partial charge in [0, 0.05) is 30.1 Å². The smallest absolute Gasteiger partial charge is 0.154 e. The molecule has 4 aromatic heterocycles. The molecule has 1 aliphatic heterocycles. The molecule has 0 aliphatic carbocycles. The van der Waals surface area contributed by atoms with Crippen molar-refractivity contribution in [1.29, 1.82) is 0 Å². The van der Waals surface area contributed by atoms with Gasteiger partial charge in [0.25, 0.3) is 0 Å². The second-order valence-corrected chi connectivity index (χ2v) is 9.62. The van der Waals surface area contributed by atoms with Gasteiger partial charge in [0.15, 0.2) is 5.82 Å². The van der Waals surface area contributed by atoms with E-state index in [9.17, 15) is 0 Å². The van der Waals surface area contributed by atoms with Crippen molar-refractivity contribution < 1.29 is 0 Å². The fourth-order valence-corrected chi connectivity index (χ4v) is 4.65. The minimum Gasteiger partial charge on any atom is -0.323 e. The number of fused-ring (bicyclic) bond motifs is 1. The van der Waals surface area contributed by atoms with Gasteiger partial charge in [-0.05, 0) is 81.1 Å². The fraction of sp³-hybridized carbons (Fsp3) is 0.444. The second-order valence-electron chi connectivity index (χ2n) is 9.62. The first kappa shape index (κ1) is 23.4. The SMILES string of the molecule is CCc1nn(CCCN2CCCC2)cc1-c1cnc2ccc(Nc3cc(C(C)C)cnn3)nc2c1. The van der Waals surface area contributed by atoms with Crippen LogP contribution in [0.5, 0.6) is 0 Å². The summed E-state index contributed by atoms with van der Waals surface area (Å²) in [6, 6.07) is 8.03. The highest BCUT2D eigenvalue weighted by atomic mass is 15.3. The number of rotatable bonds is 9. The maximum atomic E-state index is 4.87. The molecule has 5 heterocycles. The van der Waals surface area contributed by atoms with Crippen molar-refractivity contribution in [3.63, 3.8) is 0 Å². The molecule has 0 radical (unpaired) electrons. The van der Waals surface area contributed by atoms with Crippen LogP contribution < -0.4 is 5.32 Å². The molecule has 35 heavy (non-hydrogen) atoms. The molecule has 5 rings (SSSR count). The molecule has 8 nitrogen and oxygen atoms in total. The van der Waals surface area contributed by atoms with Crippen LogP contribution in [0.3, 0.4) is 0 Å². The third-order valence-electron chi connectivity index (χ3n) is 6.68. The lowest BCUT2D eigenvalue weighted by molar-refractivity contribution is 0.322. The minimum absolute atomic E-state index is 0.385. The van der Waals surface area contributed by atoms with Gasteiger partial charge in [0.2, 0.25) is 0 Å². The highest BCUT2D eigenvalue weighted by Crippen LogP contribution is 2.27. The van der Waals surface area contributed by atoms with Gasteiger partial charge in [-0.15, -0.1) is 5.10 Å². The highest BCUT2D eigenvalue weighted by Gasteiger charge is 2.14. The minimum atomic E-state index is 0.385. The number of nitrogens with one attached hydrogen (secondary N) is 1. The number of hydrogen-bond donors (Lipinski definition) is 1. The third kappa shape index (κ3) is 5.48. The van der Waals surface area contributed by atoms with Crippen molar-refractivity contribution >= 4 is 22.7 Å². The molecule has 1 saturated heterocycles. The van der Waals surface area contributed by atoms with Gasteiger partial charge in [-0.3, -0.25) is 9.67 Å². The molecule has 0 aromatic carbocycles. The molecule has 0 bridgehead atoms. The van der Waals surface area contributed by atoms with E-state index in [1.54, 1.807) is 6.20 Å². The number of likely N-dealkylation sites (tertiary alicyclic amines) is 1. The molecule has 1 aliphatic rings. The van der Waals surface area contributed by atoms with Gasteiger partial charge in [-0.1, -0.05) is 20.8 Å². The first-order chi connectivity index (χ1) is 17.1. The first-order valence-corrected chi connectivity index (χ1v) is 12.7. The molecule has 0 atom stereocenters. The van der Waals surface area contributed by atoms with Crippen molar-refractivity contribution in [2.24, 2.45) is 0 Å². The Hall–Kier alpha value is -3.39. The molecule has 0 unspecified atom stereocenters. The van der Waals surface area contributed by atoms with Crippen LogP contribution in [0.1, 0.15) is 57.2 Å². The van der Waals surface area contributed by atoms with Crippen molar-refractivity contribution in [2.45, 2.75) is 58.9 Å². The van der Waals surface area contributed by atoms with Crippen molar-refractivity contribution in [3.05, 3.63) is 54.1 Å². The zero-order valence-corrected chi connectivity index (χ0v) is 20.9. The van der Waals surface area contributed by atoms with Crippen LogP contribution >= 0.6 is 0 Å². The van der Waals surface area contributed by atoms with Crippen LogP contribution in [-0.2, 0) is 13.0 Å². The average Bonchev–Trinajstić information content (AvgIpc) is 3.54. The van der Waals surface area contributed by atoms with Crippen LogP contribution in [0.2, 0.25) is 0 Å². The molecule has 0 saturated carbocycles. The number of aryl methyl sites for hydroxylation is 2. The van der Waals surface area contributed by atoms with E-state index >= 15 is 0 Å². The van der Waals surface area contributed by atoms with Crippen LogP contribution in [-0.4, -0.2) is 54.5 Å². The van der Waals surface area contributed by atoms with Crippen molar-refractivity contribution in [2.75, 3.05) is 25.0 Å². The normalized spacial score (nSPS) is 14.3. The first-order valence-electron chi connectivity index (χ1n) is 12.7. The maximum Gasteiger partial charge on any atom is 0.154 e. The van der Waals surface area contributed by atoms with E-state index in [-0.39, 0.29) is 0 Å². The Balaban J connectivity index is 1.35. The summed E-state index contributed by atoms with van der Waals surface area (Å²) in [6.45, 7) is 11.0. The van der Waals surface area contributed by atoms with Gasteiger partial charge in [0.05, 0.1) is 22.9 Å². The van der Waals surface area contributed by atoms with Gasteiger partial charge >= 0.3 is 0 Å². The van der Waals surface area contributed by atoms with Crippen LogP contribution in [0.4, 0.5) is 11.6 Å². The van der Waals surface area contributed by atoms with E-state index in [0.29, 0.717) is 11.7 Å². The van der Waals surface area contributed by atoms with Crippen LogP contribution in [0.15, 0.2) is 42.9 Å². The number of pyridine rings is 2. The molecule has 1 N–H and O–H groups in total. The Bertz CT molecular complexity index is 1290. The molecule has 8 heteroatoms. The van der Waals surface area contributed by atoms with E-state index in [4.69, 9.17) is 10.1 Å². The molecule has 1 fully saturated rings. The maximum absolute atomic E-state index is 4.87. The Morgan fingerprint density at radius 1 is 1.00 bits per heavy atom. The van der Waals surface area contributed by atoms with E-state index in [1.165, 1.54) is 25.9 Å². The van der Waals surface area contributed by atoms with Gasteiger partial charge in [-0.2, -0.15) is 10.2 Å². The van der Waals surface area contributed by atoms with Gasteiger partial charge < -0.3 is 10.2 Å². The van der Waals surface area contributed by atoms with E-state index in [1.807, 2.05) is 24.4 Å². The lowest BCUT2D eigenvalue weighted by Crippen LogP contribution is -2.21. The van der Waals surface area contributed by atoms with E-state index in [2.05, 4.69) is 63.1 Å². The highest BCUT2D eigenvalue weighted by molar-refractivity contribution is 5.82. The summed E-state index contributed by atoms with van der Waals surface area (Å²) in [5.74, 6) is 1.80. The lowest BCUT2D eigenvalue weighted by Gasteiger charge is -2.13. The standard InChI is InChI=1S/C27H34N8/c1-4-23-22(18-35(33-23)13-7-12-34-10-5-6-11-34)21-14-25-24(28-16-21)8-9-26(30-25)31-27-15-20(19(2)3)17-29-32-27/h8-9,14-19H,4-7,10-13H2,1-3H3,(H,30,31,32). The monoisotopic (exact) mass is 470 g/mol. The fourth-order valence-electron chi connectivity index (χ4n) is 4.65. The Morgan fingerprint density at radius 2 is 1.86 bits per heavy atom. The predicted octanol–water partition coefficient (Wildman–Crippen LogP) is 5.20. The third-order valence-corrected chi connectivity index (χ3v) is 6.68. The molecule has 0 spiro atoms. The summed E-state index contributed by atoms with van der Waals surface area (Å²) in [7, 11) is 0. The van der Waals surface area contributed by atoms with Crippen molar-refractivity contribution in [1.82, 2.24) is 34.8 Å². The largest absolute Gasteiger partial charge is 0.323 e. The predicted molar refractivity (Wildman–Crippen MR) is 140 cm³/mol. The molecular formula is C27H34N8. The zero-order valence-electron chi connectivity index (χ0n) is 20.9. The summed E-state index contributed by atoms with van der Waals surface area (Å²) < 4.78 is 2.10. The summed E-state index contributed by atoms with van der Waals surface area (Å²) in [5, 5.41) is 16.5. The molecule has 0 amide bonds. The topological polar surface area (TPSA) is 84.7 Å². The summed E-state index contributed by atoms with van der Waals surface area (Å²) >= 11 is 0. The Morgan fingerprint density at radius 3 is 2.66 bits per heavy atom. The molecule has 4 aromatic rings. The number of aromatic nitrogens is 6. The average molecular weight is 471 g/mol. The Labute approximate surface area is 206 Å². The summed E-state index contributed by atoms with van der Waals surface area (Å²) in [6.07, 6.45) is 10.6. The zero-order chi connectivity index (χ0) is 24.2. The lowest BCUT2D eigenvalue weighted by atomic mass is 10.1. The Kier molecular flexibility index (Phi) is 6.99. The molecular weight excluding hydrogens is 436 g/mol. The van der Waals surface area contributed by atoms with E-state index < -0.39 is 0 Å². The number of nitrogens with zero attached hydrogens (tertiary/aromatic N) is 7.